The molecule has 1 atom stereocenters. The van der Waals surface area contributed by atoms with Crippen LogP contribution in [0.2, 0.25) is 0 Å². The molecule has 0 spiro atoms. The number of nitrogens with one attached hydrogen (secondary N) is 2. The lowest BCUT2D eigenvalue weighted by atomic mass is 10.1. The smallest absolute Gasteiger partial charge is 0.191 e. The Balaban J connectivity index is 1.52. The van der Waals surface area contributed by atoms with Crippen molar-refractivity contribution in [3.8, 4) is 0 Å². The number of piperidine rings is 1. The van der Waals surface area contributed by atoms with Gasteiger partial charge in [-0.2, -0.15) is 5.10 Å². The van der Waals surface area contributed by atoms with E-state index >= 15 is 0 Å². The molecule has 3 heterocycles. The average molecular weight is 376 g/mol. The van der Waals surface area contributed by atoms with E-state index in [-0.39, 0.29) is 0 Å². The van der Waals surface area contributed by atoms with Gasteiger partial charge in [0.15, 0.2) is 5.96 Å². The molecule has 7 nitrogen and oxygen atoms in total. The van der Waals surface area contributed by atoms with Crippen molar-refractivity contribution in [2.75, 3.05) is 25.0 Å². The van der Waals surface area contributed by atoms with Gasteiger partial charge in [0.05, 0.1) is 29.1 Å². The van der Waals surface area contributed by atoms with Crippen molar-refractivity contribution in [1.29, 1.82) is 0 Å². The molecule has 1 saturated heterocycles. The van der Waals surface area contributed by atoms with Crippen molar-refractivity contribution < 1.29 is 0 Å². The number of rotatable bonds is 5. The maximum Gasteiger partial charge on any atom is 0.191 e. The SMILES string of the molecule is CN=C(NCc1csc(C(C)C)n1)NC1CCCN(c2cnn(C)c2)C1. The predicted molar refractivity (Wildman–Crippen MR) is 108 cm³/mol. The maximum absolute atomic E-state index is 4.67. The third-order valence-electron chi connectivity index (χ3n) is 4.54. The number of aromatic nitrogens is 3. The Morgan fingerprint density at radius 3 is 2.96 bits per heavy atom. The highest BCUT2D eigenvalue weighted by Crippen LogP contribution is 2.20. The number of anilines is 1. The number of hydrogen-bond acceptors (Lipinski definition) is 5. The van der Waals surface area contributed by atoms with E-state index in [2.05, 4.69) is 56.0 Å². The lowest BCUT2D eigenvalue weighted by molar-refractivity contribution is 0.468. The molecule has 2 aromatic heterocycles. The van der Waals surface area contributed by atoms with Gasteiger partial charge < -0.3 is 15.5 Å². The number of hydrogen-bond donors (Lipinski definition) is 2. The zero-order valence-corrected chi connectivity index (χ0v) is 16.9. The fourth-order valence-corrected chi connectivity index (χ4v) is 3.97. The lowest BCUT2D eigenvalue weighted by Gasteiger charge is -2.34. The molecule has 2 aromatic rings. The molecule has 0 saturated carbocycles. The third kappa shape index (κ3) is 4.75. The lowest BCUT2D eigenvalue weighted by Crippen LogP contribution is -2.51. The normalized spacial score (nSPS) is 18.4. The first kappa shape index (κ1) is 18.7. The number of aliphatic imine (C=N–C) groups is 1. The number of thiazole rings is 1. The summed E-state index contributed by atoms with van der Waals surface area (Å²) in [5.74, 6) is 1.31. The number of guanidine groups is 1. The van der Waals surface area contributed by atoms with Gasteiger partial charge in [-0.1, -0.05) is 13.8 Å². The average Bonchev–Trinajstić information content (AvgIpc) is 3.28. The molecule has 3 rings (SSSR count). The van der Waals surface area contributed by atoms with Gasteiger partial charge in [0, 0.05) is 50.7 Å². The Kier molecular flexibility index (Phi) is 6.13. The number of nitrogens with zero attached hydrogens (tertiary/aromatic N) is 5. The van der Waals surface area contributed by atoms with Crippen LogP contribution in [0, 0.1) is 0 Å². The Bertz CT molecular complexity index is 733. The van der Waals surface area contributed by atoms with Crippen LogP contribution in [0.4, 0.5) is 5.69 Å². The summed E-state index contributed by atoms with van der Waals surface area (Å²) in [4.78, 5) is 11.4. The Morgan fingerprint density at radius 1 is 1.46 bits per heavy atom. The van der Waals surface area contributed by atoms with Crippen LogP contribution >= 0.6 is 11.3 Å². The molecule has 0 aromatic carbocycles. The summed E-state index contributed by atoms with van der Waals surface area (Å²) in [6, 6.07) is 0.372. The van der Waals surface area contributed by atoms with Crippen molar-refractivity contribution in [3.05, 3.63) is 28.5 Å². The minimum absolute atomic E-state index is 0.372. The summed E-state index contributed by atoms with van der Waals surface area (Å²) in [6.07, 6.45) is 6.31. The topological polar surface area (TPSA) is 70.4 Å². The molecular formula is C18H29N7S. The fourth-order valence-electron chi connectivity index (χ4n) is 3.13. The molecule has 26 heavy (non-hydrogen) atoms. The van der Waals surface area contributed by atoms with E-state index in [1.807, 2.05) is 25.0 Å². The van der Waals surface area contributed by atoms with Crippen LogP contribution in [0.1, 0.15) is 43.3 Å². The van der Waals surface area contributed by atoms with Crippen LogP contribution in [-0.4, -0.2) is 46.9 Å². The molecule has 8 heteroatoms. The molecule has 1 unspecified atom stereocenters. The van der Waals surface area contributed by atoms with Crippen LogP contribution in [0.3, 0.4) is 0 Å². The first-order valence-corrected chi connectivity index (χ1v) is 10.1. The molecule has 0 amide bonds. The highest BCUT2D eigenvalue weighted by atomic mass is 32.1. The molecular weight excluding hydrogens is 346 g/mol. The predicted octanol–water partition coefficient (Wildman–Crippen LogP) is 2.33. The molecule has 2 N–H and O–H groups in total. The molecule has 0 radical (unpaired) electrons. The summed E-state index contributed by atoms with van der Waals surface area (Å²) in [7, 11) is 3.77. The van der Waals surface area contributed by atoms with E-state index in [0.29, 0.717) is 18.5 Å². The van der Waals surface area contributed by atoms with E-state index in [4.69, 9.17) is 0 Å². The summed E-state index contributed by atoms with van der Waals surface area (Å²) >= 11 is 1.73. The van der Waals surface area contributed by atoms with Gasteiger partial charge in [0.25, 0.3) is 0 Å². The second kappa shape index (κ2) is 8.53. The van der Waals surface area contributed by atoms with Crippen LogP contribution in [-0.2, 0) is 13.6 Å². The van der Waals surface area contributed by atoms with Gasteiger partial charge in [-0.05, 0) is 12.8 Å². The van der Waals surface area contributed by atoms with Crippen molar-refractivity contribution in [2.24, 2.45) is 12.0 Å². The van der Waals surface area contributed by atoms with Crippen LogP contribution in [0.5, 0.6) is 0 Å². The fraction of sp³-hybridized carbons (Fsp3) is 0.611. The Labute approximate surface area is 159 Å². The maximum atomic E-state index is 4.67. The first-order valence-electron chi connectivity index (χ1n) is 9.20. The second-order valence-electron chi connectivity index (χ2n) is 7.06. The van der Waals surface area contributed by atoms with E-state index in [9.17, 15) is 0 Å². The van der Waals surface area contributed by atoms with Gasteiger partial charge in [-0.15, -0.1) is 11.3 Å². The minimum Gasteiger partial charge on any atom is -0.367 e. The summed E-state index contributed by atoms with van der Waals surface area (Å²) in [5, 5.41) is 14.5. The van der Waals surface area contributed by atoms with Gasteiger partial charge in [-0.25, -0.2) is 4.98 Å². The molecule has 142 valence electrons. The van der Waals surface area contributed by atoms with Crippen LogP contribution in [0.25, 0.3) is 0 Å². The summed E-state index contributed by atoms with van der Waals surface area (Å²) in [6.45, 7) is 7.08. The van der Waals surface area contributed by atoms with Crippen molar-refractivity contribution in [3.63, 3.8) is 0 Å². The molecule has 1 aliphatic rings. The Hall–Kier alpha value is -2.09. The zero-order valence-electron chi connectivity index (χ0n) is 16.1. The molecule has 0 aliphatic carbocycles. The largest absolute Gasteiger partial charge is 0.367 e. The highest BCUT2D eigenvalue weighted by molar-refractivity contribution is 7.09. The quantitative estimate of drug-likeness (QED) is 0.620. The summed E-state index contributed by atoms with van der Waals surface area (Å²) in [5.41, 5.74) is 2.26. The first-order chi connectivity index (χ1) is 12.5. The van der Waals surface area contributed by atoms with Crippen molar-refractivity contribution in [2.45, 2.75) is 45.2 Å². The molecule has 1 aliphatic heterocycles. The van der Waals surface area contributed by atoms with E-state index in [1.54, 1.807) is 11.3 Å². The van der Waals surface area contributed by atoms with E-state index in [1.165, 1.54) is 10.7 Å². The zero-order chi connectivity index (χ0) is 18.5. The van der Waals surface area contributed by atoms with Crippen molar-refractivity contribution in [1.82, 2.24) is 25.4 Å². The van der Waals surface area contributed by atoms with Crippen molar-refractivity contribution >= 4 is 23.0 Å². The van der Waals surface area contributed by atoms with Crippen LogP contribution in [0.15, 0.2) is 22.8 Å². The van der Waals surface area contributed by atoms with Gasteiger partial charge in [0.1, 0.15) is 0 Å². The highest BCUT2D eigenvalue weighted by Gasteiger charge is 2.21. The second-order valence-corrected chi connectivity index (χ2v) is 7.95. The molecule has 0 bridgehead atoms. The van der Waals surface area contributed by atoms with E-state index < -0.39 is 0 Å². The number of aryl methyl sites for hydroxylation is 1. The van der Waals surface area contributed by atoms with E-state index in [0.717, 1.165) is 37.6 Å². The van der Waals surface area contributed by atoms with Gasteiger partial charge >= 0.3 is 0 Å². The summed E-state index contributed by atoms with van der Waals surface area (Å²) < 4.78 is 1.85. The minimum atomic E-state index is 0.372. The van der Waals surface area contributed by atoms with Gasteiger partial charge in [-0.3, -0.25) is 9.67 Å². The standard InChI is InChI=1S/C18H29N7S/c1-13(2)17-22-15(12-26-17)8-20-18(19-3)23-14-6-5-7-25(10-14)16-9-21-24(4)11-16/h9,11-14H,5-8,10H2,1-4H3,(H2,19,20,23). The van der Waals surface area contributed by atoms with Gasteiger partial charge in [0.2, 0.25) is 0 Å². The molecule has 1 fully saturated rings. The van der Waals surface area contributed by atoms with Crippen LogP contribution < -0.4 is 15.5 Å². The monoisotopic (exact) mass is 375 g/mol. The Morgan fingerprint density at radius 2 is 2.31 bits per heavy atom. The third-order valence-corrected chi connectivity index (χ3v) is 5.74.